The van der Waals surface area contributed by atoms with Crippen LogP contribution in [0.4, 0.5) is 0 Å². The Labute approximate surface area is 157 Å². The maximum atomic E-state index is 6.59. The highest BCUT2D eigenvalue weighted by Crippen LogP contribution is 2.39. The Morgan fingerprint density at radius 3 is 1.92 bits per heavy atom. The Hall–Kier alpha value is -0.386. The fraction of sp³-hybridized carbons (Fsp3) is 0.800. The summed E-state index contributed by atoms with van der Waals surface area (Å²) in [6, 6.07) is 0. The van der Waals surface area contributed by atoms with Crippen LogP contribution in [0, 0.1) is 12.3 Å². The van der Waals surface area contributed by atoms with E-state index in [9.17, 15) is 0 Å². The third-order valence-corrected chi connectivity index (χ3v) is 15.0. The SMILES string of the molecule is C#CC1C=C[C@@H](O[Si](C)(C)C(C)(C)C)[C@@H](CO[Si](C)(C)C(C)(C)C)O1. The van der Waals surface area contributed by atoms with Crippen molar-refractivity contribution in [2.75, 3.05) is 6.61 Å². The number of ether oxygens (including phenoxy) is 1. The zero-order valence-electron chi connectivity index (χ0n) is 17.9. The minimum atomic E-state index is -1.90. The van der Waals surface area contributed by atoms with Crippen LogP contribution in [0.3, 0.4) is 0 Å². The van der Waals surface area contributed by atoms with Gasteiger partial charge in [-0.25, -0.2) is 0 Å². The first kappa shape index (κ1) is 22.7. The van der Waals surface area contributed by atoms with Gasteiger partial charge < -0.3 is 13.6 Å². The minimum Gasteiger partial charge on any atom is -0.414 e. The van der Waals surface area contributed by atoms with E-state index in [4.69, 9.17) is 20.0 Å². The normalized spacial score (nSPS) is 25.7. The number of rotatable bonds is 5. The maximum Gasteiger partial charge on any atom is 0.193 e. The summed E-state index contributed by atoms with van der Waals surface area (Å²) in [6.07, 6.45) is 9.02. The summed E-state index contributed by atoms with van der Waals surface area (Å²) in [6.45, 7) is 23.0. The largest absolute Gasteiger partial charge is 0.414 e. The van der Waals surface area contributed by atoms with Crippen molar-refractivity contribution >= 4 is 16.6 Å². The van der Waals surface area contributed by atoms with Crippen LogP contribution in [0.1, 0.15) is 41.5 Å². The van der Waals surface area contributed by atoms with E-state index < -0.39 is 16.6 Å². The van der Waals surface area contributed by atoms with E-state index in [0.717, 1.165) is 0 Å². The molecule has 0 aromatic rings. The van der Waals surface area contributed by atoms with Gasteiger partial charge >= 0.3 is 0 Å². The van der Waals surface area contributed by atoms with Gasteiger partial charge in [0, 0.05) is 0 Å². The smallest absolute Gasteiger partial charge is 0.193 e. The Kier molecular flexibility index (Phi) is 6.97. The molecule has 144 valence electrons. The van der Waals surface area contributed by atoms with Crippen molar-refractivity contribution in [3.05, 3.63) is 12.2 Å². The molecule has 0 aromatic heterocycles. The Morgan fingerprint density at radius 1 is 0.960 bits per heavy atom. The third kappa shape index (κ3) is 5.80. The van der Waals surface area contributed by atoms with Gasteiger partial charge in [-0.3, -0.25) is 0 Å². The Bertz CT molecular complexity index is 519. The quantitative estimate of drug-likeness (QED) is 0.364. The molecule has 0 amide bonds. The van der Waals surface area contributed by atoms with Crippen LogP contribution >= 0.6 is 0 Å². The van der Waals surface area contributed by atoms with E-state index in [2.05, 4.69) is 79.7 Å². The van der Waals surface area contributed by atoms with Gasteiger partial charge in [-0.15, -0.1) is 6.42 Å². The maximum absolute atomic E-state index is 6.59. The van der Waals surface area contributed by atoms with Gasteiger partial charge in [-0.1, -0.05) is 53.5 Å². The summed E-state index contributed by atoms with van der Waals surface area (Å²) in [5, 5.41) is 0.313. The first-order chi connectivity index (χ1) is 11.1. The van der Waals surface area contributed by atoms with Crippen molar-refractivity contribution in [2.45, 2.75) is 96.1 Å². The molecule has 1 rings (SSSR count). The molecule has 0 aliphatic carbocycles. The van der Waals surface area contributed by atoms with Gasteiger partial charge in [-0.2, -0.15) is 0 Å². The average Bonchev–Trinajstić information content (AvgIpc) is 2.43. The molecule has 0 saturated carbocycles. The highest BCUT2D eigenvalue weighted by molar-refractivity contribution is 6.74. The van der Waals surface area contributed by atoms with E-state index in [1.807, 2.05) is 6.08 Å². The second-order valence-electron chi connectivity index (χ2n) is 10.1. The van der Waals surface area contributed by atoms with Gasteiger partial charge in [0.1, 0.15) is 12.2 Å². The van der Waals surface area contributed by atoms with Crippen molar-refractivity contribution in [1.29, 1.82) is 0 Å². The summed E-state index contributed by atoms with van der Waals surface area (Å²) in [7, 11) is -3.75. The molecular formula is C20H38O3Si2. The van der Waals surface area contributed by atoms with Crippen LogP contribution in [-0.2, 0) is 13.6 Å². The second kappa shape index (κ2) is 7.70. The predicted octanol–water partition coefficient (Wildman–Crippen LogP) is 5.36. The molecule has 25 heavy (non-hydrogen) atoms. The highest BCUT2D eigenvalue weighted by Gasteiger charge is 2.43. The zero-order valence-corrected chi connectivity index (χ0v) is 19.9. The van der Waals surface area contributed by atoms with E-state index in [1.165, 1.54) is 0 Å². The van der Waals surface area contributed by atoms with Crippen LogP contribution in [0.15, 0.2) is 12.2 Å². The zero-order chi connectivity index (χ0) is 19.7. The van der Waals surface area contributed by atoms with Gasteiger partial charge in [0.05, 0.1) is 12.7 Å². The van der Waals surface area contributed by atoms with Crippen molar-refractivity contribution in [2.24, 2.45) is 0 Å². The molecule has 0 aromatic carbocycles. The lowest BCUT2D eigenvalue weighted by atomic mass is 10.1. The van der Waals surface area contributed by atoms with Crippen LogP contribution in [0.25, 0.3) is 0 Å². The molecule has 5 heteroatoms. The first-order valence-corrected chi connectivity index (χ1v) is 15.0. The molecule has 0 fully saturated rings. The van der Waals surface area contributed by atoms with Crippen LogP contribution in [0.2, 0.25) is 36.3 Å². The van der Waals surface area contributed by atoms with E-state index in [-0.39, 0.29) is 28.4 Å². The molecule has 1 heterocycles. The van der Waals surface area contributed by atoms with Crippen molar-refractivity contribution in [1.82, 2.24) is 0 Å². The highest BCUT2D eigenvalue weighted by atomic mass is 28.4. The third-order valence-electron chi connectivity index (χ3n) is 5.98. The fourth-order valence-electron chi connectivity index (χ4n) is 2.01. The molecular weight excluding hydrogens is 344 g/mol. The van der Waals surface area contributed by atoms with Crippen molar-refractivity contribution < 1.29 is 13.6 Å². The van der Waals surface area contributed by atoms with Gasteiger partial charge in [-0.05, 0) is 42.3 Å². The molecule has 0 saturated heterocycles. The topological polar surface area (TPSA) is 27.7 Å². The minimum absolute atomic E-state index is 0.102. The number of terminal acetylenes is 1. The lowest BCUT2D eigenvalue weighted by Gasteiger charge is -2.43. The van der Waals surface area contributed by atoms with Crippen LogP contribution in [-0.4, -0.2) is 41.6 Å². The van der Waals surface area contributed by atoms with Crippen molar-refractivity contribution in [3.8, 4) is 12.3 Å². The first-order valence-electron chi connectivity index (χ1n) is 9.22. The Balaban J connectivity index is 2.93. The summed E-state index contributed by atoms with van der Waals surface area (Å²) in [5.41, 5.74) is 0. The molecule has 3 nitrogen and oxygen atoms in total. The lowest BCUT2D eigenvalue weighted by Crippen LogP contribution is -2.51. The van der Waals surface area contributed by atoms with E-state index in [1.54, 1.807) is 0 Å². The average molecular weight is 383 g/mol. The molecule has 1 aliphatic rings. The van der Waals surface area contributed by atoms with E-state index >= 15 is 0 Å². The van der Waals surface area contributed by atoms with E-state index in [0.29, 0.717) is 6.61 Å². The Morgan fingerprint density at radius 2 is 1.48 bits per heavy atom. The molecule has 0 radical (unpaired) electrons. The summed E-state index contributed by atoms with van der Waals surface area (Å²) in [5.74, 6) is 2.68. The molecule has 1 aliphatic heterocycles. The molecule has 3 atom stereocenters. The van der Waals surface area contributed by atoms with Gasteiger partial charge in [0.15, 0.2) is 16.6 Å². The molecule has 0 spiro atoms. The second-order valence-corrected chi connectivity index (χ2v) is 19.6. The van der Waals surface area contributed by atoms with Crippen molar-refractivity contribution in [3.63, 3.8) is 0 Å². The fourth-order valence-corrected chi connectivity index (χ4v) is 4.29. The number of hydrogen-bond acceptors (Lipinski definition) is 3. The predicted molar refractivity (Wildman–Crippen MR) is 112 cm³/mol. The summed E-state index contributed by atoms with van der Waals surface area (Å²) < 4.78 is 19.1. The standard InChI is InChI=1S/C20H38O3Si2/c1-12-16-13-14-17(23-25(10,11)20(5,6)7)18(22-16)15-21-24(8,9)19(2,3)4/h1,13-14,16-18H,15H2,2-11H3/t16?,17-,18-/m1/s1. The number of hydrogen-bond donors (Lipinski definition) is 0. The lowest BCUT2D eigenvalue weighted by molar-refractivity contribution is -0.0558. The molecule has 0 bridgehead atoms. The van der Waals surface area contributed by atoms with Gasteiger partial charge in [0.2, 0.25) is 0 Å². The molecule has 1 unspecified atom stereocenters. The van der Waals surface area contributed by atoms with Crippen LogP contribution in [0.5, 0.6) is 0 Å². The molecule has 0 N–H and O–H groups in total. The monoisotopic (exact) mass is 382 g/mol. The van der Waals surface area contributed by atoms with Gasteiger partial charge in [0.25, 0.3) is 0 Å². The summed E-state index contributed by atoms with van der Waals surface area (Å²) >= 11 is 0. The summed E-state index contributed by atoms with van der Waals surface area (Å²) in [4.78, 5) is 0. The van der Waals surface area contributed by atoms with Crippen LogP contribution < -0.4 is 0 Å².